The van der Waals surface area contributed by atoms with Gasteiger partial charge in [-0.3, -0.25) is 4.21 Å². The van der Waals surface area contributed by atoms with Crippen molar-refractivity contribution in [1.82, 2.24) is 0 Å². The van der Waals surface area contributed by atoms with Crippen LogP contribution in [0.5, 0.6) is 0 Å². The van der Waals surface area contributed by atoms with Crippen molar-refractivity contribution in [3.05, 3.63) is 0 Å². The minimum absolute atomic E-state index is 0.189. The molecule has 0 aromatic carbocycles. The molecule has 0 aliphatic rings. The molecule has 0 aromatic heterocycles. The van der Waals surface area contributed by atoms with Gasteiger partial charge in [0.25, 0.3) is 0 Å². The molecule has 74 valence electrons. The molecular weight excluding hydrogens is 190 g/mol. The standard InChI is InChI=1S/C8H19NOS2/c1-8(9)4-7-12(10)6-3-5-11-2/h8H,3-7,9H2,1-2H3. The van der Waals surface area contributed by atoms with Gasteiger partial charge < -0.3 is 5.73 Å². The van der Waals surface area contributed by atoms with Crippen molar-refractivity contribution in [2.24, 2.45) is 5.73 Å². The minimum Gasteiger partial charge on any atom is -0.328 e. The van der Waals surface area contributed by atoms with Crippen LogP contribution in [-0.4, -0.2) is 33.8 Å². The summed E-state index contributed by atoms with van der Waals surface area (Å²) in [6.07, 6.45) is 4.02. The Kier molecular flexibility index (Phi) is 8.39. The van der Waals surface area contributed by atoms with Gasteiger partial charge in [0, 0.05) is 28.3 Å². The normalized spacial score (nSPS) is 15.9. The zero-order valence-corrected chi connectivity index (χ0v) is 9.55. The smallest absolute Gasteiger partial charge is 0.0249 e. The Morgan fingerprint density at radius 1 is 1.50 bits per heavy atom. The summed E-state index contributed by atoms with van der Waals surface area (Å²) < 4.78 is 11.3. The quantitative estimate of drug-likeness (QED) is 0.641. The van der Waals surface area contributed by atoms with Crippen LogP contribution in [0.4, 0.5) is 0 Å². The molecule has 0 spiro atoms. The average molecular weight is 209 g/mol. The van der Waals surface area contributed by atoms with Gasteiger partial charge in [0.1, 0.15) is 0 Å². The lowest BCUT2D eigenvalue weighted by atomic mass is 10.3. The Morgan fingerprint density at radius 2 is 2.17 bits per heavy atom. The van der Waals surface area contributed by atoms with Gasteiger partial charge >= 0.3 is 0 Å². The van der Waals surface area contributed by atoms with Gasteiger partial charge in [0.05, 0.1) is 0 Å². The topological polar surface area (TPSA) is 43.1 Å². The van der Waals surface area contributed by atoms with Crippen molar-refractivity contribution in [2.75, 3.05) is 23.5 Å². The van der Waals surface area contributed by atoms with Crippen LogP contribution in [0.25, 0.3) is 0 Å². The van der Waals surface area contributed by atoms with Crippen LogP contribution in [0, 0.1) is 0 Å². The molecule has 0 amide bonds. The largest absolute Gasteiger partial charge is 0.328 e. The summed E-state index contributed by atoms with van der Waals surface area (Å²) >= 11 is 1.81. The molecule has 0 saturated carbocycles. The van der Waals surface area contributed by atoms with E-state index in [1.807, 2.05) is 18.7 Å². The molecule has 0 aliphatic heterocycles. The fraction of sp³-hybridized carbons (Fsp3) is 1.00. The van der Waals surface area contributed by atoms with Gasteiger partial charge in [-0.2, -0.15) is 11.8 Å². The van der Waals surface area contributed by atoms with Gasteiger partial charge in [-0.15, -0.1) is 0 Å². The van der Waals surface area contributed by atoms with Crippen molar-refractivity contribution in [1.29, 1.82) is 0 Å². The summed E-state index contributed by atoms with van der Waals surface area (Å²) in [7, 11) is -0.635. The molecule has 0 bridgehead atoms. The summed E-state index contributed by atoms with van der Waals surface area (Å²) in [6, 6.07) is 0.189. The van der Waals surface area contributed by atoms with Gasteiger partial charge in [0.15, 0.2) is 0 Å². The third-order valence-corrected chi connectivity index (χ3v) is 3.65. The van der Waals surface area contributed by atoms with Crippen molar-refractivity contribution >= 4 is 22.6 Å². The van der Waals surface area contributed by atoms with Gasteiger partial charge in [-0.05, 0) is 31.8 Å². The zero-order chi connectivity index (χ0) is 9.40. The van der Waals surface area contributed by atoms with E-state index in [-0.39, 0.29) is 6.04 Å². The maximum Gasteiger partial charge on any atom is 0.0249 e. The fourth-order valence-corrected chi connectivity index (χ4v) is 2.70. The van der Waals surface area contributed by atoms with Crippen LogP contribution >= 0.6 is 11.8 Å². The summed E-state index contributed by atoms with van der Waals surface area (Å²) in [5.74, 6) is 2.73. The van der Waals surface area contributed by atoms with E-state index in [0.29, 0.717) is 0 Å². The molecule has 0 heterocycles. The SMILES string of the molecule is CSCCCS(=O)CCC(C)N. The Bertz CT molecular complexity index is 128. The first-order chi connectivity index (χ1) is 5.66. The molecule has 0 radical (unpaired) electrons. The van der Waals surface area contributed by atoms with Crippen LogP contribution in [0.15, 0.2) is 0 Å². The van der Waals surface area contributed by atoms with Crippen LogP contribution in [0.2, 0.25) is 0 Å². The lowest BCUT2D eigenvalue weighted by Crippen LogP contribution is -2.18. The molecule has 2 atom stereocenters. The molecule has 0 rings (SSSR count). The third-order valence-electron chi connectivity index (χ3n) is 1.52. The molecule has 2 unspecified atom stereocenters. The van der Waals surface area contributed by atoms with E-state index in [0.717, 1.165) is 30.1 Å². The average Bonchev–Trinajstić information content (AvgIpc) is 2.01. The first kappa shape index (κ1) is 12.5. The van der Waals surface area contributed by atoms with Crippen LogP contribution in [-0.2, 0) is 10.8 Å². The molecule has 0 aliphatic carbocycles. The Hall–Kier alpha value is 0.460. The lowest BCUT2D eigenvalue weighted by Gasteiger charge is -2.04. The van der Waals surface area contributed by atoms with Crippen LogP contribution in [0.3, 0.4) is 0 Å². The van der Waals surface area contributed by atoms with E-state index in [9.17, 15) is 4.21 Å². The van der Waals surface area contributed by atoms with Gasteiger partial charge in [-0.25, -0.2) is 0 Å². The molecular formula is C8H19NOS2. The Morgan fingerprint density at radius 3 is 2.67 bits per heavy atom. The van der Waals surface area contributed by atoms with E-state index in [1.165, 1.54) is 0 Å². The number of rotatable bonds is 7. The maximum absolute atomic E-state index is 11.3. The van der Waals surface area contributed by atoms with Gasteiger partial charge in [0.2, 0.25) is 0 Å². The van der Waals surface area contributed by atoms with E-state index < -0.39 is 10.8 Å². The van der Waals surface area contributed by atoms with E-state index in [4.69, 9.17) is 5.73 Å². The van der Waals surface area contributed by atoms with E-state index >= 15 is 0 Å². The van der Waals surface area contributed by atoms with Crippen molar-refractivity contribution in [2.45, 2.75) is 25.8 Å². The second kappa shape index (κ2) is 8.08. The minimum atomic E-state index is -0.635. The second-order valence-corrected chi connectivity index (χ2v) is 5.64. The van der Waals surface area contributed by atoms with E-state index in [2.05, 4.69) is 6.26 Å². The first-order valence-corrected chi connectivity index (χ1v) is 7.14. The number of hydrogen-bond acceptors (Lipinski definition) is 3. The summed E-state index contributed by atoms with van der Waals surface area (Å²) in [6.45, 7) is 1.96. The molecule has 2 nitrogen and oxygen atoms in total. The molecule has 12 heavy (non-hydrogen) atoms. The summed E-state index contributed by atoms with van der Waals surface area (Å²) in [5.41, 5.74) is 5.56. The highest BCUT2D eigenvalue weighted by molar-refractivity contribution is 7.98. The summed E-state index contributed by atoms with van der Waals surface area (Å²) in [5, 5.41) is 0. The van der Waals surface area contributed by atoms with Crippen LogP contribution in [0.1, 0.15) is 19.8 Å². The third kappa shape index (κ3) is 8.56. The molecule has 0 saturated heterocycles. The number of hydrogen-bond donors (Lipinski definition) is 1. The first-order valence-electron chi connectivity index (χ1n) is 4.26. The highest BCUT2D eigenvalue weighted by Gasteiger charge is 2.01. The predicted molar refractivity (Wildman–Crippen MR) is 59.1 cm³/mol. The monoisotopic (exact) mass is 209 g/mol. The van der Waals surface area contributed by atoms with Gasteiger partial charge in [-0.1, -0.05) is 0 Å². The second-order valence-electron chi connectivity index (χ2n) is 2.96. The van der Waals surface area contributed by atoms with Crippen molar-refractivity contribution in [3.8, 4) is 0 Å². The number of nitrogens with two attached hydrogens (primary N) is 1. The highest BCUT2D eigenvalue weighted by atomic mass is 32.2. The van der Waals surface area contributed by atoms with Crippen molar-refractivity contribution in [3.63, 3.8) is 0 Å². The zero-order valence-electron chi connectivity index (χ0n) is 7.91. The maximum atomic E-state index is 11.3. The Labute approximate surface area is 82.1 Å². The molecule has 2 N–H and O–H groups in total. The number of thioether (sulfide) groups is 1. The van der Waals surface area contributed by atoms with Crippen molar-refractivity contribution < 1.29 is 4.21 Å². The van der Waals surface area contributed by atoms with Crippen LogP contribution < -0.4 is 5.73 Å². The van der Waals surface area contributed by atoms with E-state index in [1.54, 1.807) is 0 Å². The summed E-state index contributed by atoms with van der Waals surface area (Å²) in [4.78, 5) is 0. The lowest BCUT2D eigenvalue weighted by molar-refractivity contribution is 0.667. The predicted octanol–water partition coefficient (Wildman–Crippen LogP) is 1.23. The molecule has 0 aromatic rings. The fourth-order valence-electron chi connectivity index (χ4n) is 0.784. The molecule has 0 fully saturated rings. The molecule has 4 heteroatoms. The Balaban J connectivity index is 3.22. The highest BCUT2D eigenvalue weighted by Crippen LogP contribution is 1.99.